The van der Waals surface area contributed by atoms with Gasteiger partial charge in [-0.05, 0) is 18.6 Å². The van der Waals surface area contributed by atoms with Crippen LogP contribution in [-0.2, 0) is 13.6 Å². The van der Waals surface area contributed by atoms with Crippen LogP contribution in [0.25, 0.3) is 10.9 Å². The van der Waals surface area contributed by atoms with Gasteiger partial charge in [0, 0.05) is 36.6 Å². The Balaban J connectivity index is 2.44. The van der Waals surface area contributed by atoms with Gasteiger partial charge in [0.2, 0.25) is 0 Å². The number of nitrogens with zero attached hydrogens (tertiary/aromatic N) is 3. The van der Waals surface area contributed by atoms with Crippen LogP contribution in [-0.4, -0.2) is 14.8 Å². The third kappa shape index (κ3) is 2.39. The summed E-state index contributed by atoms with van der Waals surface area (Å²) in [6.07, 6.45) is 5.06. The molecule has 0 fully saturated rings. The maximum absolute atomic E-state index is 5.80. The maximum atomic E-state index is 5.80. The predicted octanol–water partition coefficient (Wildman–Crippen LogP) is 0.987. The fourth-order valence-corrected chi connectivity index (χ4v) is 1.97. The molecule has 0 atom stereocenters. The molecule has 0 spiro atoms. The molecular weight excluding hydrogens is 214 g/mol. The molecule has 17 heavy (non-hydrogen) atoms. The van der Waals surface area contributed by atoms with Crippen LogP contribution < -0.4 is 11.6 Å². The van der Waals surface area contributed by atoms with E-state index in [0.717, 1.165) is 16.5 Å². The minimum Gasteiger partial charge on any atom is -0.403 e. The lowest BCUT2D eigenvalue weighted by molar-refractivity contribution is 0.387. The van der Waals surface area contributed by atoms with Gasteiger partial charge in [0.1, 0.15) is 0 Å². The summed E-state index contributed by atoms with van der Waals surface area (Å²) in [6.45, 7) is 2.65. The molecule has 1 aromatic heterocycles. The molecule has 5 heteroatoms. The number of hydrogen-bond acceptors (Lipinski definition) is 4. The second-order valence-electron chi connectivity index (χ2n) is 4.18. The van der Waals surface area contributed by atoms with Crippen molar-refractivity contribution in [2.24, 2.45) is 18.6 Å². The van der Waals surface area contributed by atoms with E-state index >= 15 is 0 Å². The average molecular weight is 231 g/mol. The zero-order chi connectivity index (χ0) is 12.4. The fraction of sp³-hybridized carbons (Fsp3) is 0.250. The van der Waals surface area contributed by atoms with Gasteiger partial charge in [-0.1, -0.05) is 6.07 Å². The summed E-state index contributed by atoms with van der Waals surface area (Å²) in [5.74, 6) is 5.80. The molecule has 0 amide bonds. The molecule has 2 rings (SSSR count). The maximum Gasteiger partial charge on any atom is 0.0973 e. The molecule has 2 aromatic rings. The molecule has 4 N–H and O–H groups in total. The van der Waals surface area contributed by atoms with E-state index in [-0.39, 0.29) is 0 Å². The number of hydrogen-bond donors (Lipinski definition) is 2. The van der Waals surface area contributed by atoms with E-state index in [0.29, 0.717) is 6.54 Å². The summed E-state index contributed by atoms with van der Waals surface area (Å²) in [6, 6.07) is 4.21. The van der Waals surface area contributed by atoms with Gasteiger partial charge in [-0.15, -0.1) is 0 Å². The van der Waals surface area contributed by atoms with Gasteiger partial charge in [-0.3, -0.25) is 4.68 Å². The van der Waals surface area contributed by atoms with Crippen molar-refractivity contribution in [1.29, 1.82) is 0 Å². The van der Waals surface area contributed by atoms with E-state index in [4.69, 9.17) is 11.6 Å². The smallest absolute Gasteiger partial charge is 0.0973 e. The second-order valence-corrected chi connectivity index (χ2v) is 4.18. The highest BCUT2D eigenvalue weighted by Crippen LogP contribution is 2.20. The first kappa shape index (κ1) is 11.5. The molecule has 0 aliphatic carbocycles. The Morgan fingerprint density at radius 2 is 2.24 bits per heavy atom. The van der Waals surface area contributed by atoms with Crippen LogP contribution in [0.3, 0.4) is 0 Å². The third-order valence-corrected chi connectivity index (χ3v) is 2.58. The molecule has 0 bridgehead atoms. The van der Waals surface area contributed by atoms with Gasteiger partial charge in [0.25, 0.3) is 0 Å². The number of fused-ring (bicyclic) bond motifs is 1. The van der Waals surface area contributed by atoms with Crippen molar-refractivity contribution in [3.8, 4) is 0 Å². The lowest BCUT2D eigenvalue weighted by Gasteiger charge is -2.13. The number of rotatable bonds is 3. The lowest BCUT2D eigenvalue weighted by Crippen LogP contribution is -2.24. The van der Waals surface area contributed by atoms with E-state index in [2.05, 4.69) is 24.2 Å². The van der Waals surface area contributed by atoms with Crippen LogP contribution in [0.15, 0.2) is 30.7 Å². The van der Waals surface area contributed by atoms with E-state index in [1.165, 1.54) is 11.8 Å². The van der Waals surface area contributed by atoms with Gasteiger partial charge in [-0.25, -0.2) is 5.84 Å². The molecule has 0 unspecified atom stereocenters. The third-order valence-electron chi connectivity index (χ3n) is 2.58. The first-order valence-electron chi connectivity index (χ1n) is 5.43. The second kappa shape index (κ2) is 4.47. The van der Waals surface area contributed by atoms with Crippen molar-refractivity contribution in [2.45, 2.75) is 13.5 Å². The first-order valence-corrected chi connectivity index (χ1v) is 5.43. The Morgan fingerprint density at radius 3 is 2.94 bits per heavy atom. The van der Waals surface area contributed by atoms with Crippen molar-refractivity contribution in [3.63, 3.8) is 0 Å². The lowest BCUT2D eigenvalue weighted by atomic mass is 10.1. The molecule has 0 aliphatic heterocycles. The minimum absolute atomic E-state index is 0.586. The zero-order valence-electron chi connectivity index (χ0n) is 10.1. The standard InChI is InChI=1S/C12H17N5/c1-9-5-10-7-16(2)15-12(10)11(6-9)8-17(14)4-3-13/h3-7H,8,13-14H2,1-2H3/b4-3-. The quantitative estimate of drug-likeness (QED) is 0.610. The van der Waals surface area contributed by atoms with Gasteiger partial charge >= 0.3 is 0 Å². The van der Waals surface area contributed by atoms with Gasteiger partial charge in [0.15, 0.2) is 0 Å². The normalized spacial score (nSPS) is 11.5. The highest BCUT2D eigenvalue weighted by Gasteiger charge is 2.07. The fourth-order valence-electron chi connectivity index (χ4n) is 1.97. The van der Waals surface area contributed by atoms with E-state index in [1.807, 2.05) is 17.9 Å². The summed E-state index contributed by atoms with van der Waals surface area (Å²) in [4.78, 5) is 0. The Kier molecular flexibility index (Phi) is 3.01. The van der Waals surface area contributed by atoms with Gasteiger partial charge in [0.05, 0.1) is 12.1 Å². The molecule has 90 valence electrons. The van der Waals surface area contributed by atoms with E-state index in [9.17, 15) is 0 Å². The SMILES string of the molecule is Cc1cc(CN(N)/C=C\N)c2nn(C)cc2c1. The summed E-state index contributed by atoms with van der Waals surface area (Å²) < 4.78 is 1.81. The van der Waals surface area contributed by atoms with E-state index in [1.54, 1.807) is 11.2 Å². The van der Waals surface area contributed by atoms with Crippen LogP contribution >= 0.6 is 0 Å². The first-order chi connectivity index (χ1) is 8.10. The molecule has 0 saturated heterocycles. The van der Waals surface area contributed by atoms with Crippen LogP contribution in [0, 0.1) is 6.92 Å². The number of hydrazine groups is 1. The Bertz CT molecular complexity index is 555. The Morgan fingerprint density at radius 1 is 1.47 bits per heavy atom. The number of aryl methyl sites for hydroxylation is 2. The number of benzene rings is 1. The molecular formula is C12H17N5. The highest BCUT2D eigenvalue weighted by molar-refractivity contribution is 5.82. The van der Waals surface area contributed by atoms with Crippen molar-refractivity contribution in [3.05, 3.63) is 41.9 Å². The summed E-state index contributed by atoms with van der Waals surface area (Å²) in [5.41, 5.74) is 8.59. The summed E-state index contributed by atoms with van der Waals surface area (Å²) in [5, 5.41) is 7.12. The molecule has 5 nitrogen and oxygen atoms in total. The van der Waals surface area contributed by atoms with Crippen LogP contribution in [0.2, 0.25) is 0 Å². The monoisotopic (exact) mass is 231 g/mol. The Labute approximate surface area is 100 Å². The van der Waals surface area contributed by atoms with E-state index < -0.39 is 0 Å². The molecule has 0 saturated carbocycles. The van der Waals surface area contributed by atoms with Crippen molar-refractivity contribution in [1.82, 2.24) is 14.8 Å². The van der Waals surface area contributed by atoms with Gasteiger partial charge in [-0.2, -0.15) is 5.10 Å². The average Bonchev–Trinajstić information content (AvgIpc) is 2.58. The molecule has 1 heterocycles. The highest BCUT2D eigenvalue weighted by atomic mass is 15.4. The summed E-state index contributed by atoms with van der Waals surface area (Å²) >= 11 is 0. The molecule has 0 radical (unpaired) electrons. The topological polar surface area (TPSA) is 73.1 Å². The van der Waals surface area contributed by atoms with Gasteiger partial charge < -0.3 is 10.7 Å². The summed E-state index contributed by atoms with van der Waals surface area (Å²) in [7, 11) is 1.92. The molecule has 1 aromatic carbocycles. The van der Waals surface area contributed by atoms with Crippen LogP contribution in [0.5, 0.6) is 0 Å². The zero-order valence-corrected chi connectivity index (χ0v) is 10.1. The predicted molar refractivity (Wildman–Crippen MR) is 68.5 cm³/mol. The largest absolute Gasteiger partial charge is 0.403 e. The van der Waals surface area contributed by atoms with Crippen molar-refractivity contribution in [2.75, 3.05) is 0 Å². The molecule has 0 aliphatic rings. The van der Waals surface area contributed by atoms with Crippen molar-refractivity contribution >= 4 is 10.9 Å². The van der Waals surface area contributed by atoms with Crippen LogP contribution in [0.4, 0.5) is 0 Å². The minimum atomic E-state index is 0.586. The van der Waals surface area contributed by atoms with Crippen LogP contribution in [0.1, 0.15) is 11.1 Å². The number of aromatic nitrogens is 2. The van der Waals surface area contributed by atoms with Crippen molar-refractivity contribution < 1.29 is 0 Å². The Hall–Kier alpha value is -2.01. The number of nitrogens with two attached hydrogens (primary N) is 2.